The Morgan fingerprint density at radius 1 is 0.588 bits per heavy atom. The van der Waals surface area contributed by atoms with Crippen molar-refractivity contribution in [1.82, 2.24) is 0 Å². The van der Waals surface area contributed by atoms with E-state index in [0.717, 1.165) is 22.3 Å². The summed E-state index contributed by atoms with van der Waals surface area (Å²) < 4.78 is 24.6. The Hall–Kier alpha value is -1.17. The molecular weight excluding hydrogens is 438 g/mol. The number of hydrogen-bond acceptors (Lipinski definition) is 3. The first-order valence-corrected chi connectivity index (χ1v) is 13.1. The van der Waals surface area contributed by atoms with E-state index in [0.29, 0.717) is 11.5 Å². The fraction of sp³-hybridized carbons (Fsp3) is 0.571. The zero-order chi connectivity index (χ0) is 25.6. The molecule has 0 spiro atoms. The van der Waals surface area contributed by atoms with Crippen molar-refractivity contribution in [2.75, 3.05) is 0 Å². The first-order valence-electron chi connectivity index (χ1n) is 11.6. The van der Waals surface area contributed by atoms with Crippen LogP contribution in [0.3, 0.4) is 0 Å². The number of hydrogen-bond donors (Lipinski definition) is 1. The SMILES string of the molecule is CC(C)(C)c1ccc(OP(=O)(O)Oc2ccc(C(C)(C)C)cc2C(C)(C)C)c(C(C)(C)C)c1.[LiH]. The summed E-state index contributed by atoms with van der Waals surface area (Å²) in [5, 5.41) is 0. The van der Waals surface area contributed by atoms with E-state index in [1.165, 1.54) is 0 Å². The monoisotopic (exact) mass is 482 g/mol. The Bertz CT molecular complexity index is 967. The van der Waals surface area contributed by atoms with E-state index < -0.39 is 7.82 Å². The third-order valence-corrected chi connectivity index (χ3v) is 6.59. The Morgan fingerprint density at radius 3 is 1.12 bits per heavy atom. The summed E-state index contributed by atoms with van der Waals surface area (Å²) in [6, 6.07) is 11.6. The van der Waals surface area contributed by atoms with Crippen molar-refractivity contribution in [2.45, 2.75) is 105 Å². The molecule has 0 radical (unpaired) electrons. The maximum atomic E-state index is 13.2. The fourth-order valence-electron chi connectivity index (χ4n) is 3.59. The van der Waals surface area contributed by atoms with Crippen LogP contribution in [0.15, 0.2) is 36.4 Å². The van der Waals surface area contributed by atoms with Crippen molar-refractivity contribution in [1.29, 1.82) is 0 Å². The standard InChI is InChI=1S/C28H43O4P.Li.H/c1-25(2,3)19-13-15-23(21(17-19)27(7,8)9)31-33(29,30)32-24-16-14-20(26(4,5)6)18-22(24)28(10,11)12;;/h13-18H,1-12H3,(H,29,30);;. The number of benzene rings is 2. The van der Waals surface area contributed by atoms with Crippen LogP contribution in [-0.2, 0) is 26.2 Å². The molecule has 0 bridgehead atoms. The molecule has 2 rings (SSSR count). The molecular formula is C28H44LiO4P. The molecule has 0 amide bonds. The van der Waals surface area contributed by atoms with Gasteiger partial charge < -0.3 is 9.05 Å². The Labute approximate surface area is 219 Å². The van der Waals surface area contributed by atoms with Crippen molar-refractivity contribution in [3.05, 3.63) is 58.7 Å². The van der Waals surface area contributed by atoms with Crippen LogP contribution in [0.1, 0.15) is 105 Å². The van der Waals surface area contributed by atoms with E-state index >= 15 is 0 Å². The van der Waals surface area contributed by atoms with Crippen molar-refractivity contribution < 1.29 is 18.5 Å². The summed E-state index contributed by atoms with van der Waals surface area (Å²) in [5.41, 5.74) is 3.37. The van der Waals surface area contributed by atoms with Gasteiger partial charge in [0.2, 0.25) is 0 Å². The van der Waals surface area contributed by atoms with E-state index in [1.54, 1.807) is 12.1 Å². The van der Waals surface area contributed by atoms with Crippen molar-refractivity contribution in [3.63, 3.8) is 0 Å². The zero-order valence-corrected chi connectivity index (χ0v) is 23.5. The summed E-state index contributed by atoms with van der Waals surface area (Å²) in [7, 11) is -4.44. The molecule has 0 unspecified atom stereocenters. The van der Waals surface area contributed by atoms with Crippen LogP contribution >= 0.6 is 7.82 Å². The van der Waals surface area contributed by atoms with Gasteiger partial charge in [-0.05, 0) is 44.9 Å². The van der Waals surface area contributed by atoms with Crippen molar-refractivity contribution in [2.24, 2.45) is 0 Å². The summed E-state index contributed by atoms with van der Waals surface area (Å²) in [5.74, 6) is 0.731. The van der Waals surface area contributed by atoms with Crippen molar-refractivity contribution >= 4 is 26.7 Å². The molecule has 6 heteroatoms. The first kappa shape index (κ1) is 30.9. The number of rotatable bonds is 4. The predicted octanol–water partition coefficient (Wildman–Crippen LogP) is 7.79. The molecule has 0 fully saturated rings. The second-order valence-corrected chi connectivity index (χ2v) is 14.4. The Balaban J connectivity index is 0.00000578. The van der Waals surface area contributed by atoms with Gasteiger partial charge in [0.25, 0.3) is 0 Å². The van der Waals surface area contributed by atoms with Gasteiger partial charge in [0.15, 0.2) is 0 Å². The molecule has 4 nitrogen and oxygen atoms in total. The van der Waals surface area contributed by atoms with Crippen LogP contribution in [0.25, 0.3) is 0 Å². The number of phosphoric acid groups is 1. The van der Waals surface area contributed by atoms with Gasteiger partial charge in [-0.15, -0.1) is 0 Å². The van der Waals surface area contributed by atoms with Crippen LogP contribution in [0.5, 0.6) is 11.5 Å². The van der Waals surface area contributed by atoms with E-state index in [4.69, 9.17) is 9.05 Å². The molecule has 0 aliphatic heterocycles. The van der Waals surface area contributed by atoms with Crippen LogP contribution in [-0.4, -0.2) is 23.8 Å². The van der Waals surface area contributed by atoms with Crippen LogP contribution in [0.2, 0.25) is 0 Å². The third kappa shape index (κ3) is 7.93. The topological polar surface area (TPSA) is 55.8 Å². The fourth-order valence-corrected chi connectivity index (χ4v) is 4.44. The van der Waals surface area contributed by atoms with Gasteiger partial charge in [-0.2, -0.15) is 0 Å². The van der Waals surface area contributed by atoms with E-state index in [-0.39, 0.29) is 40.5 Å². The van der Waals surface area contributed by atoms with Crippen LogP contribution in [0, 0.1) is 0 Å². The second-order valence-electron chi connectivity index (χ2n) is 13.1. The van der Waals surface area contributed by atoms with Gasteiger partial charge in [0.1, 0.15) is 11.5 Å². The van der Waals surface area contributed by atoms with Crippen molar-refractivity contribution in [3.8, 4) is 11.5 Å². The minimum absolute atomic E-state index is 0. The number of phosphoric ester groups is 1. The molecule has 0 atom stereocenters. The first-order chi connectivity index (χ1) is 14.6. The summed E-state index contributed by atoms with van der Waals surface area (Å²) >= 11 is 0. The molecule has 0 saturated heterocycles. The molecule has 1 N–H and O–H groups in total. The average molecular weight is 483 g/mol. The molecule has 0 aliphatic rings. The maximum absolute atomic E-state index is 13.2. The van der Waals surface area contributed by atoms with Gasteiger partial charge in [0, 0.05) is 11.1 Å². The normalized spacial score (nSPS) is 13.3. The zero-order valence-electron chi connectivity index (χ0n) is 22.6. The Morgan fingerprint density at radius 2 is 0.882 bits per heavy atom. The van der Waals surface area contributed by atoms with Gasteiger partial charge in [-0.3, -0.25) is 4.89 Å². The molecule has 2 aromatic carbocycles. The molecule has 0 aromatic heterocycles. The van der Waals surface area contributed by atoms with E-state index in [1.807, 2.05) is 12.1 Å². The summed E-state index contributed by atoms with van der Waals surface area (Å²) in [6.45, 7) is 25.2. The predicted molar refractivity (Wildman–Crippen MR) is 146 cm³/mol. The third-order valence-electron chi connectivity index (χ3n) is 5.73. The minimum atomic E-state index is -4.44. The van der Waals surface area contributed by atoms with E-state index in [2.05, 4.69) is 95.2 Å². The Kier molecular flexibility index (Phi) is 9.13. The molecule has 186 valence electrons. The van der Waals surface area contributed by atoms with Gasteiger partial charge >= 0.3 is 26.7 Å². The molecule has 2 aromatic rings. The molecule has 0 aliphatic carbocycles. The van der Waals surface area contributed by atoms with Crippen LogP contribution in [0.4, 0.5) is 0 Å². The molecule has 0 heterocycles. The van der Waals surface area contributed by atoms with Gasteiger partial charge in [-0.1, -0.05) is 107 Å². The van der Waals surface area contributed by atoms with E-state index in [9.17, 15) is 9.46 Å². The van der Waals surface area contributed by atoms with Gasteiger partial charge in [0.05, 0.1) is 0 Å². The van der Waals surface area contributed by atoms with Gasteiger partial charge in [-0.25, -0.2) is 4.57 Å². The second kappa shape index (κ2) is 10.1. The van der Waals surface area contributed by atoms with Crippen LogP contribution < -0.4 is 9.05 Å². The molecule has 0 saturated carbocycles. The molecule has 34 heavy (non-hydrogen) atoms. The summed E-state index contributed by atoms with van der Waals surface area (Å²) in [4.78, 5) is 10.8. The summed E-state index contributed by atoms with van der Waals surface area (Å²) in [6.07, 6.45) is 0. The quantitative estimate of drug-likeness (QED) is 0.357. The average Bonchev–Trinajstić information content (AvgIpc) is 2.57.